The Kier molecular flexibility index (Phi) is 8.62. The van der Waals surface area contributed by atoms with Crippen molar-refractivity contribution in [2.75, 3.05) is 19.8 Å². The monoisotopic (exact) mass is 565 g/mol. The number of fused-ring (bicyclic) bond motifs is 1. The van der Waals surface area contributed by atoms with Crippen molar-refractivity contribution in [1.29, 1.82) is 0 Å². The lowest BCUT2D eigenvalue weighted by molar-refractivity contribution is -0.175. The van der Waals surface area contributed by atoms with Crippen LogP contribution in [0.5, 0.6) is 0 Å². The van der Waals surface area contributed by atoms with E-state index in [2.05, 4.69) is 0 Å². The van der Waals surface area contributed by atoms with Gasteiger partial charge in [-0.25, -0.2) is 9.18 Å². The van der Waals surface area contributed by atoms with Crippen molar-refractivity contribution in [3.63, 3.8) is 0 Å². The fraction of sp³-hybridized carbons (Fsp3) is 0.312. The van der Waals surface area contributed by atoms with Crippen LogP contribution in [-0.2, 0) is 22.4 Å². The summed E-state index contributed by atoms with van der Waals surface area (Å²) in [4.78, 5) is 24.6. The third-order valence-electron chi connectivity index (χ3n) is 7.82. The summed E-state index contributed by atoms with van der Waals surface area (Å²) in [5, 5.41) is 10.1. The summed E-state index contributed by atoms with van der Waals surface area (Å²) in [7, 11) is 0. The maximum Gasteiger partial charge on any atom is 0.338 e. The van der Waals surface area contributed by atoms with E-state index < -0.39 is 18.5 Å². The highest BCUT2D eigenvalue weighted by molar-refractivity contribution is 6.30. The van der Waals surface area contributed by atoms with Crippen molar-refractivity contribution in [3.05, 3.63) is 105 Å². The molecular weight excluding hydrogens is 536 g/mol. The van der Waals surface area contributed by atoms with Crippen molar-refractivity contribution in [2.45, 2.75) is 38.3 Å². The standard InChI is InChI=1S/C32H30ClF2NO4/c33-24-5-1-4-22(17-24)25-6-2-7-27-26(12-13-28(30(27)35)32(38)39)29(25)21-10-8-20(9-11-21)16-23-18-36(15-3-14-34)31(23)40-19-37/h1,4-5,8-13,17,19,23,31H,2-3,6-7,14-16,18H2,(H,38,39). The first-order chi connectivity index (χ1) is 19.4. The van der Waals surface area contributed by atoms with Crippen LogP contribution in [0, 0.1) is 11.7 Å². The minimum atomic E-state index is -1.29. The van der Waals surface area contributed by atoms with Crippen LogP contribution in [-0.4, -0.2) is 48.4 Å². The molecule has 5 nitrogen and oxygen atoms in total. The van der Waals surface area contributed by atoms with Crippen molar-refractivity contribution < 1.29 is 28.2 Å². The van der Waals surface area contributed by atoms with Gasteiger partial charge in [0.25, 0.3) is 6.47 Å². The number of aromatic carboxylic acids is 1. The molecule has 3 aromatic carbocycles. The van der Waals surface area contributed by atoms with E-state index in [0.717, 1.165) is 34.4 Å². The molecule has 0 radical (unpaired) electrons. The average Bonchev–Trinajstić information content (AvgIpc) is 3.14. The molecule has 2 aliphatic rings. The number of hydrogen-bond donors (Lipinski definition) is 1. The maximum atomic E-state index is 15.4. The smallest absolute Gasteiger partial charge is 0.338 e. The number of nitrogens with zero attached hydrogens (tertiary/aromatic N) is 1. The Morgan fingerprint density at radius 1 is 1.10 bits per heavy atom. The van der Waals surface area contributed by atoms with Crippen LogP contribution >= 0.6 is 11.6 Å². The van der Waals surface area contributed by atoms with E-state index in [1.807, 2.05) is 53.4 Å². The largest absolute Gasteiger partial charge is 0.478 e. The maximum absolute atomic E-state index is 15.4. The quantitative estimate of drug-likeness (QED) is 0.274. The number of carbonyl (C=O) groups excluding carboxylic acids is 1. The zero-order valence-corrected chi connectivity index (χ0v) is 22.7. The number of carboxylic acid groups (broad SMARTS) is 1. The number of likely N-dealkylation sites (tertiary alicyclic amines) is 1. The molecule has 1 saturated heterocycles. The van der Waals surface area contributed by atoms with E-state index in [4.69, 9.17) is 16.3 Å². The topological polar surface area (TPSA) is 66.8 Å². The number of alkyl halides is 1. The van der Waals surface area contributed by atoms with E-state index in [1.54, 1.807) is 6.07 Å². The molecule has 0 amide bonds. The van der Waals surface area contributed by atoms with Gasteiger partial charge in [-0.15, -0.1) is 0 Å². The molecule has 1 N–H and O–H groups in total. The summed E-state index contributed by atoms with van der Waals surface area (Å²) in [5.74, 6) is -1.86. The number of carbonyl (C=O) groups is 2. The summed E-state index contributed by atoms with van der Waals surface area (Å²) in [6.45, 7) is 1.31. The molecule has 0 aromatic heterocycles. The Hall–Kier alpha value is -3.55. The van der Waals surface area contributed by atoms with E-state index in [1.165, 1.54) is 6.07 Å². The summed E-state index contributed by atoms with van der Waals surface area (Å²) < 4.78 is 33.3. The van der Waals surface area contributed by atoms with Gasteiger partial charge in [0.05, 0.1) is 12.2 Å². The van der Waals surface area contributed by atoms with Gasteiger partial charge in [-0.3, -0.25) is 14.1 Å². The van der Waals surface area contributed by atoms with Crippen molar-refractivity contribution in [1.82, 2.24) is 4.90 Å². The Bertz CT molecular complexity index is 1440. The van der Waals surface area contributed by atoms with Crippen LogP contribution in [0.3, 0.4) is 0 Å². The Balaban J connectivity index is 1.51. The molecular formula is C32H30ClF2NO4. The highest BCUT2D eigenvalue weighted by Crippen LogP contribution is 2.41. The zero-order chi connectivity index (χ0) is 28.2. The predicted octanol–water partition coefficient (Wildman–Crippen LogP) is 6.81. The average molecular weight is 566 g/mol. The first-order valence-electron chi connectivity index (χ1n) is 13.4. The molecule has 40 heavy (non-hydrogen) atoms. The van der Waals surface area contributed by atoms with Crippen molar-refractivity contribution >= 4 is 35.2 Å². The molecule has 208 valence electrons. The number of allylic oxidation sites excluding steroid dienone is 1. The second-order valence-corrected chi connectivity index (χ2v) is 10.7. The first-order valence-corrected chi connectivity index (χ1v) is 13.8. The number of halogens is 3. The van der Waals surface area contributed by atoms with Crippen LogP contribution < -0.4 is 0 Å². The first kappa shape index (κ1) is 28.0. The molecule has 5 rings (SSSR count). The van der Waals surface area contributed by atoms with Gasteiger partial charge in [-0.1, -0.05) is 54.1 Å². The van der Waals surface area contributed by atoms with E-state index in [-0.39, 0.29) is 17.7 Å². The van der Waals surface area contributed by atoms with E-state index in [0.29, 0.717) is 61.3 Å². The third kappa shape index (κ3) is 5.67. The molecule has 1 aliphatic heterocycles. The molecule has 2 atom stereocenters. The Labute approximate surface area is 237 Å². The van der Waals surface area contributed by atoms with Gasteiger partial charge in [0.1, 0.15) is 5.82 Å². The molecule has 3 aromatic rings. The Morgan fingerprint density at radius 3 is 2.60 bits per heavy atom. The Morgan fingerprint density at radius 2 is 1.90 bits per heavy atom. The second kappa shape index (κ2) is 12.3. The molecule has 1 aliphatic carbocycles. The summed E-state index contributed by atoms with van der Waals surface area (Å²) in [6, 6.07) is 18.7. The van der Waals surface area contributed by atoms with Crippen LogP contribution in [0.1, 0.15) is 57.4 Å². The van der Waals surface area contributed by atoms with Gasteiger partial charge >= 0.3 is 5.97 Å². The number of rotatable bonds is 10. The lowest BCUT2D eigenvalue weighted by Crippen LogP contribution is -2.58. The second-order valence-electron chi connectivity index (χ2n) is 10.3. The van der Waals surface area contributed by atoms with Gasteiger partial charge in [-0.2, -0.15) is 0 Å². The van der Waals surface area contributed by atoms with Gasteiger partial charge < -0.3 is 9.84 Å². The fourth-order valence-electron chi connectivity index (χ4n) is 5.96. The normalized spacial score (nSPS) is 19.0. The van der Waals surface area contributed by atoms with Gasteiger partial charge in [0.15, 0.2) is 6.23 Å². The molecule has 0 bridgehead atoms. The van der Waals surface area contributed by atoms with Crippen molar-refractivity contribution in [3.8, 4) is 0 Å². The highest BCUT2D eigenvalue weighted by Gasteiger charge is 2.40. The molecule has 0 spiro atoms. The number of ether oxygens (including phenoxy) is 1. The predicted molar refractivity (Wildman–Crippen MR) is 150 cm³/mol. The van der Waals surface area contributed by atoms with Gasteiger partial charge in [0, 0.05) is 24.0 Å². The van der Waals surface area contributed by atoms with E-state index in [9.17, 15) is 19.1 Å². The van der Waals surface area contributed by atoms with Gasteiger partial charge in [-0.05, 0) is 89.3 Å². The molecule has 0 saturated carbocycles. The van der Waals surface area contributed by atoms with Crippen LogP contribution in [0.4, 0.5) is 8.78 Å². The van der Waals surface area contributed by atoms with Crippen LogP contribution in [0.25, 0.3) is 11.1 Å². The molecule has 8 heteroatoms. The zero-order valence-electron chi connectivity index (χ0n) is 21.9. The van der Waals surface area contributed by atoms with E-state index >= 15 is 4.39 Å². The summed E-state index contributed by atoms with van der Waals surface area (Å²) in [6.07, 6.45) is 2.50. The van der Waals surface area contributed by atoms with Crippen molar-refractivity contribution in [2.24, 2.45) is 5.92 Å². The third-order valence-corrected chi connectivity index (χ3v) is 8.05. The lowest BCUT2D eigenvalue weighted by atomic mass is 9.85. The molecule has 1 heterocycles. The van der Waals surface area contributed by atoms with Crippen LogP contribution in [0.15, 0.2) is 60.7 Å². The fourth-order valence-corrected chi connectivity index (χ4v) is 6.15. The number of benzene rings is 3. The minimum absolute atomic E-state index is 0.110. The molecule has 2 unspecified atom stereocenters. The lowest BCUT2D eigenvalue weighted by Gasteiger charge is -2.46. The summed E-state index contributed by atoms with van der Waals surface area (Å²) in [5.41, 5.74) is 5.55. The number of hydrogen-bond acceptors (Lipinski definition) is 4. The SMILES string of the molecule is O=COC1C(Cc2ccc(C3=C(c4cccc(Cl)c4)CCCc4c3ccc(C(=O)O)c4F)cc2)CN1CCCF. The highest BCUT2D eigenvalue weighted by atomic mass is 35.5. The number of carboxylic acids is 1. The molecule has 1 fully saturated rings. The summed E-state index contributed by atoms with van der Waals surface area (Å²) >= 11 is 6.34. The van der Waals surface area contributed by atoms with Crippen LogP contribution in [0.2, 0.25) is 5.02 Å². The minimum Gasteiger partial charge on any atom is -0.478 e. The van der Waals surface area contributed by atoms with Gasteiger partial charge in [0.2, 0.25) is 0 Å².